The normalized spacial score (nSPS) is 11.3. The number of benzene rings is 2. The van der Waals surface area contributed by atoms with Crippen LogP contribution in [-0.2, 0) is 11.2 Å². The Morgan fingerprint density at radius 3 is 2.48 bits per heavy atom. The van der Waals surface area contributed by atoms with Crippen molar-refractivity contribution in [3.63, 3.8) is 0 Å². The first-order valence-electron chi connectivity index (χ1n) is 9.35. The van der Waals surface area contributed by atoms with Crippen LogP contribution in [0.1, 0.15) is 28.9 Å². The fraction of sp³-hybridized carbons (Fsp3) is 0.217. The SMILES string of the molecule is Cc1oc2cc3oc(=O)c(CCC(=O)Nc4cccc(I)c4)c(C)c3cc2c1C. The molecule has 6 heteroatoms. The Morgan fingerprint density at radius 2 is 1.72 bits per heavy atom. The van der Waals surface area contributed by atoms with Crippen molar-refractivity contribution in [2.24, 2.45) is 0 Å². The minimum atomic E-state index is -0.406. The van der Waals surface area contributed by atoms with Gasteiger partial charge in [0.15, 0.2) is 0 Å². The lowest BCUT2D eigenvalue weighted by atomic mass is 10.0. The van der Waals surface area contributed by atoms with Gasteiger partial charge in [0.2, 0.25) is 5.91 Å². The molecule has 1 amide bonds. The summed E-state index contributed by atoms with van der Waals surface area (Å²) in [5.74, 6) is 0.713. The van der Waals surface area contributed by atoms with Crippen molar-refractivity contribution in [3.05, 3.63) is 72.8 Å². The Bertz CT molecular complexity index is 1320. The molecule has 0 aliphatic carbocycles. The van der Waals surface area contributed by atoms with Crippen LogP contribution in [0.4, 0.5) is 5.69 Å². The average Bonchev–Trinajstić information content (AvgIpc) is 2.93. The molecule has 0 bridgehead atoms. The molecule has 4 rings (SSSR count). The number of carbonyl (C=O) groups excluding carboxylic acids is 1. The van der Waals surface area contributed by atoms with Gasteiger partial charge in [-0.05, 0) is 85.2 Å². The number of hydrogen-bond acceptors (Lipinski definition) is 4. The van der Waals surface area contributed by atoms with Gasteiger partial charge in [0, 0.05) is 38.1 Å². The number of aryl methyl sites for hydroxylation is 3. The van der Waals surface area contributed by atoms with Crippen molar-refractivity contribution in [2.75, 3.05) is 5.32 Å². The third-order valence-corrected chi connectivity index (χ3v) is 5.96. The molecule has 0 fully saturated rings. The van der Waals surface area contributed by atoms with Gasteiger partial charge < -0.3 is 14.2 Å². The van der Waals surface area contributed by atoms with Crippen LogP contribution in [0.3, 0.4) is 0 Å². The molecule has 0 saturated heterocycles. The maximum absolute atomic E-state index is 12.5. The zero-order valence-electron chi connectivity index (χ0n) is 16.4. The van der Waals surface area contributed by atoms with Crippen LogP contribution < -0.4 is 10.9 Å². The van der Waals surface area contributed by atoms with Crippen LogP contribution in [0.15, 0.2) is 50.0 Å². The molecule has 0 atom stereocenters. The summed E-state index contributed by atoms with van der Waals surface area (Å²) in [5, 5.41) is 4.75. The van der Waals surface area contributed by atoms with E-state index in [1.807, 2.05) is 51.1 Å². The number of furan rings is 1. The second kappa shape index (κ2) is 7.67. The van der Waals surface area contributed by atoms with Crippen LogP contribution in [0.25, 0.3) is 21.9 Å². The highest BCUT2D eigenvalue weighted by molar-refractivity contribution is 14.1. The highest BCUT2D eigenvalue weighted by Crippen LogP contribution is 2.31. The molecule has 0 radical (unpaired) electrons. The van der Waals surface area contributed by atoms with E-state index >= 15 is 0 Å². The van der Waals surface area contributed by atoms with Crippen LogP contribution in [0.2, 0.25) is 0 Å². The number of halogens is 1. The zero-order valence-corrected chi connectivity index (χ0v) is 18.5. The molecule has 29 heavy (non-hydrogen) atoms. The first-order valence-corrected chi connectivity index (χ1v) is 10.4. The maximum atomic E-state index is 12.5. The van der Waals surface area contributed by atoms with Gasteiger partial charge in [0.1, 0.15) is 16.9 Å². The Labute approximate surface area is 181 Å². The molecule has 2 heterocycles. The smallest absolute Gasteiger partial charge is 0.339 e. The van der Waals surface area contributed by atoms with Crippen molar-refractivity contribution < 1.29 is 13.6 Å². The van der Waals surface area contributed by atoms with E-state index < -0.39 is 5.63 Å². The predicted molar refractivity (Wildman–Crippen MR) is 123 cm³/mol. The van der Waals surface area contributed by atoms with E-state index in [4.69, 9.17) is 8.83 Å². The summed E-state index contributed by atoms with van der Waals surface area (Å²) in [6.45, 7) is 5.83. The van der Waals surface area contributed by atoms with Crippen molar-refractivity contribution in [1.82, 2.24) is 0 Å². The predicted octanol–water partition coefficient (Wildman–Crippen LogP) is 5.64. The van der Waals surface area contributed by atoms with E-state index in [0.717, 1.165) is 36.9 Å². The van der Waals surface area contributed by atoms with E-state index in [2.05, 4.69) is 27.9 Å². The summed E-state index contributed by atoms with van der Waals surface area (Å²) in [4.78, 5) is 24.9. The fourth-order valence-corrected chi connectivity index (χ4v) is 4.09. The molecule has 0 aliphatic rings. The Kier molecular flexibility index (Phi) is 5.21. The molecule has 2 aromatic heterocycles. The van der Waals surface area contributed by atoms with Crippen molar-refractivity contribution >= 4 is 56.1 Å². The van der Waals surface area contributed by atoms with Crippen molar-refractivity contribution in [3.8, 4) is 0 Å². The van der Waals surface area contributed by atoms with Crippen LogP contribution >= 0.6 is 22.6 Å². The topological polar surface area (TPSA) is 72.5 Å². The van der Waals surface area contributed by atoms with Gasteiger partial charge in [-0.25, -0.2) is 4.79 Å². The minimum Gasteiger partial charge on any atom is -0.461 e. The van der Waals surface area contributed by atoms with Gasteiger partial charge >= 0.3 is 5.63 Å². The Morgan fingerprint density at radius 1 is 1.00 bits per heavy atom. The van der Waals surface area contributed by atoms with E-state index in [1.165, 1.54) is 0 Å². The summed E-state index contributed by atoms with van der Waals surface area (Å²) in [5.41, 5.74) is 4.01. The average molecular weight is 501 g/mol. The number of nitrogens with one attached hydrogen (secondary N) is 1. The second-order valence-electron chi connectivity index (χ2n) is 7.18. The number of carbonyl (C=O) groups is 1. The summed E-state index contributed by atoms with van der Waals surface area (Å²) in [6.07, 6.45) is 0.524. The van der Waals surface area contributed by atoms with Gasteiger partial charge in [0.05, 0.1) is 0 Å². The molecule has 148 valence electrons. The summed E-state index contributed by atoms with van der Waals surface area (Å²) in [6, 6.07) is 11.4. The van der Waals surface area contributed by atoms with Gasteiger partial charge in [-0.1, -0.05) is 6.07 Å². The highest BCUT2D eigenvalue weighted by atomic mass is 127. The monoisotopic (exact) mass is 501 g/mol. The van der Waals surface area contributed by atoms with E-state index in [9.17, 15) is 9.59 Å². The fourth-order valence-electron chi connectivity index (χ4n) is 3.54. The summed E-state index contributed by atoms with van der Waals surface area (Å²) in [7, 11) is 0. The summed E-state index contributed by atoms with van der Waals surface area (Å²) >= 11 is 2.20. The third-order valence-electron chi connectivity index (χ3n) is 5.29. The lowest BCUT2D eigenvalue weighted by Gasteiger charge is -2.09. The number of fused-ring (bicyclic) bond motifs is 2. The molecule has 2 aromatic carbocycles. The van der Waals surface area contributed by atoms with Crippen LogP contribution in [0, 0.1) is 24.3 Å². The van der Waals surface area contributed by atoms with Crippen LogP contribution in [0.5, 0.6) is 0 Å². The van der Waals surface area contributed by atoms with E-state index in [-0.39, 0.29) is 12.3 Å². The Balaban J connectivity index is 1.63. The lowest BCUT2D eigenvalue weighted by molar-refractivity contribution is -0.116. The van der Waals surface area contributed by atoms with Gasteiger partial charge in [0.25, 0.3) is 0 Å². The van der Waals surface area contributed by atoms with Crippen molar-refractivity contribution in [1.29, 1.82) is 0 Å². The van der Waals surface area contributed by atoms with E-state index in [0.29, 0.717) is 23.2 Å². The third kappa shape index (κ3) is 3.81. The molecular weight excluding hydrogens is 481 g/mol. The standard InChI is InChI=1S/C23H20INO4/c1-12-14(3)28-20-11-21-19(10-18(12)20)13(2)17(23(27)29-21)7-8-22(26)25-16-6-4-5-15(24)9-16/h4-6,9-11H,7-8H2,1-3H3,(H,25,26). The number of hydrogen-bond donors (Lipinski definition) is 1. The van der Waals surface area contributed by atoms with Gasteiger partial charge in [-0.2, -0.15) is 0 Å². The first-order chi connectivity index (χ1) is 13.8. The van der Waals surface area contributed by atoms with E-state index in [1.54, 1.807) is 6.07 Å². The van der Waals surface area contributed by atoms with Crippen LogP contribution in [-0.4, -0.2) is 5.91 Å². The first kappa shape index (κ1) is 19.7. The lowest BCUT2D eigenvalue weighted by Crippen LogP contribution is -2.16. The molecule has 1 N–H and O–H groups in total. The number of amides is 1. The summed E-state index contributed by atoms with van der Waals surface area (Å²) < 4.78 is 12.3. The number of rotatable bonds is 4. The highest BCUT2D eigenvalue weighted by Gasteiger charge is 2.16. The zero-order chi connectivity index (χ0) is 20.7. The number of anilines is 1. The molecular formula is C23H20INO4. The van der Waals surface area contributed by atoms with Gasteiger partial charge in [-0.3, -0.25) is 4.79 Å². The largest absolute Gasteiger partial charge is 0.461 e. The molecule has 0 spiro atoms. The molecule has 5 nitrogen and oxygen atoms in total. The van der Waals surface area contributed by atoms with Crippen molar-refractivity contribution in [2.45, 2.75) is 33.6 Å². The Hall–Kier alpha value is -2.61. The molecule has 0 saturated carbocycles. The molecule has 0 aliphatic heterocycles. The second-order valence-corrected chi connectivity index (χ2v) is 8.43. The molecule has 4 aromatic rings. The quantitative estimate of drug-likeness (QED) is 0.290. The minimum absolute atomic E-state index is 0.136. The maximum Gasteiger partial charge on any atom is 0.339 e. The van der Waals surface area contributed by atoms with Gasteiger partial charge in [-0.15, -0.1) is 0 Å². The molecule has 0 unspecified atom stereocenters.